The average molecular weight is 469 g/mol. The summed E-state index contributed by atoms with van der Waals surface area (Å²) in [5.74, 6) is 3.64. The van der Waals surface area contributed by atoms with Gasteiger partial charge in [-0.15, -0.1) is 0 Å². The second-order valence-electron chi connectivity index (χ2n) is 15.3. The zero-order valence-corrected chi connectivity index (χ0v) is 23.6. The van der Waals surface area contributed by atoms with Crippen LogP contribution in [0.3, 0.4) is 0 Å². The molecule has 0 spiro atoms. The van der Waals surface area contributed by atoms with Crippen molar-refractivity contribution < 1.29 is 9.53 Å². The smallest absolute Gasteiger partial charge is 0.302 e. The standard InChI is InChI=1S/C32H52O2/c1-20-12-15-29(6)18-19-31(8)23(27(29)21(20)2)10-11-25-30(7)16-14-26(34-22(3)33)28(4,5)24(30)13-17-32(25,31)9/h21,23-27H,1,10-19H2,2-9H3/t21-,23+,24-,25+,26-,27+,29+,30-,31+,32+/m0/s1. The van der Waals surface area contributed by atoms with Crippen LogP contribution in [-0.2, 0) is 9.53 Å². The minimum absolute atomic E-state index is 0.0541. The average Bonchev–Trinajstić information content (AvgIpc) is 2.74. The number of carbonyl (C=O) groups excluding carboxylic acids is 1. The zero-order valence-electron chi connectivity index (χ0n) is 23.6. The molecule has 2 heteroatoms. The van der Waals surface area contributed by atoms with Gasteiger partial charge in [0, 0.05) is 12.3 Å². The van der Waals surface area contributed by atoms with Gasteiger partial charge in [0.15, 0.2) is 0 Å². The number of hydrogen-bond donors (Lipinski definition) is 0. The van der Waals surface area contributed by atoms with Crippen LogP contribution in [0.15, 0.2) is 12.2 Å². The van der Waals surface area contributed by atoms with Crippen LogP contribution < -0.4 is 0 Å². The summed E-state index contributed by atoms with van der Waals surface area (Å²) in [6.07, 6.45) is 13.2. The molecule has 192 valence electrons. The fourth-order valence-electron chi connectivity index (χ4n) is 11.8. The van der Waals surface area contributed by atoms with Crippen LogP contribution >= 0.6 is 0 Å². The molecular formula is C32H52O2. The van der Waals surface area contributed by atoms with Crippen molar-refractivity contribution in [2.45, 2.75) is 126 Å². The molecule has 34 heavy (non-hydrogen) atoms. The number of esters is 1. The molecule has 0 N–H and O–H groups in total. The number of ether oxygens (including phenoxy) is 1. The third kappa shape index (κ3) is 3.08. The van der Waals surface area contributed by atoms with Gasteiger partial charge < -0.3 is 4.74 Å². The van der Waals surface area contributed by atoms with Crippen LogP contribution in [0, 0.1) is 56.7 Å². The first-order valence-corrected chi connectivity index (χ1v) is 14.6. The lowest BCUT2D eigenvalue weighted by atomic mass is 9.31. The first kappa shape index (κ1) is 24.9. The van der Waals surface area contributed by atoms with Gasteiger partial charge >= 0.3 is 5.97 Å². The van der Waals surface area contributed by atoms with Gasteiger partial charge in [0.1, 0.15) is 6.10 Å². The maximum atomic E-state index is 11.9. The molecule has 5 fully saturated rings. The van der Waals surface area contributed by atoms with Crippen LogP contribution in [0.5, 0.6) is 0 Å². The minimum Gasteiger partial charge on any atom is -0.462 e. The third-order valence-electron chi connectivity index (χ3n) is 13.8. The predicted molar refractivity (Wildman–Crippen MR) is 140 cm³/mol. The molecule has 0 aliphatic heterocycles. The van der Waals surface area contributed by atoms with Crippen LogP contribution in [0.1, 0.15) is 120 Å². The number of hydrogen-bond acceptors (Lipinski definition) is 2. The number of carbonyl (C=O) groups is 1. The van der Waals surface area contributed by atoms with Crippen molar-refractivity contribution >= 4 is 5.97 Å². The third-order valence-corrected chi connectivity index (χ3v) is 13.8. The lowest BCUT2D eigenvalue weighted by Crippen LogP contribution is -2.67. The Bertz CT molecular complexity index is 872. The molecule has 0 saturated heterocycles. The molecule has 5 rings (SSSR count). The SMILES string of the molecule is C=C1CC[C@]2(C)CC[C@]3(C)[C@H](CC[C@@H]4[C@@]5(C)CC[C@H](OC(C)=O)C(C)(C)[C@@H]5CC[C@]43C)[C@H]2[C@H]1C. The van der Waals surface area contributed by atoms with E-state index < -0.39 is 0 Å². The highest BCUT2D eigenvalue weighted by atomic mass is 16.5. The van der Waals surface area contributed by atoms with Gasteiger partial charge in [0.05, 0.1) is 0 Å². The van der Waals surface area contributed by atoms with Crippen molar-refractivity contribution in [3.05, 3.63) is 12.2 Å². The van der Waals surface area contributed by atoms with Gasteiger partial charge in [-0.25, -0.2) is 0 Å². The van der Waals surface area contributed by atoms with Crippen LogP contribution in [0.2, 0.25) is 0 Å². The Balaban J connectivity index is 1.50. The zero-order chi connectivity index (χ0) is 24.9. The topological polar surface area (TPSA) is 26.3 Å². The highest BCUT2D eigenvalue weighted by molar-refractivity contribution is 5.66. The van der Waals surface area contributed by atoms with E-state index in [4.69, 9.17) is 4.74 Å². The van der Waals surface area contributed by atoms with Crippen LogP contribution in [0.4, 0.5) is 0 Å². The maximum Gasteiger partial charge on any atom is 0.302 e. The Morgan fingerprint density at radius 2 is 1.56 bits per heavy atom. The van der Waals surface area contributed by atoms with Crippen molar-refractivity contribution in [2.75, 3.05) is 0 Å². The molecule has 0 aromatic heterocycles. The van der Waals surface area contributed by atoms with Gasteiger partial charge in [-0.3, -0.25) is 4.79 Å². The summed E-state index contributed by atoms with van der Waals surface area (Å²) in [6, 6.07) is 0. The minimum atomic E-state index is -0.108. The molecule has 0 unspecified atom stereocenters. The molecular weight excluding hydrogens is 416 g/mol. The van der Waals surface area contributed by atoms with E-state index in [1.807, 2.05) is 0 Å². The van der Waals surface area contributed by atoms with Gasteiger partial charge in [-0.1, -0.05) is 60.6 Å². The van der Waals surface area contributed by atoms with Crippen molar-refractivity contribution in [3.8, 4) is 0 Å². The van der Waals surface area contributed by atoms with Gasteiger partial charge in [-0.05, 0) is 115 Å². The summed E-state index contributed by atoms with van der Waals surface area (Å²) < 4.78 is 5.91. The Labute approximate surface area is 210 Å². The van der Waals surface area contributed by atoms with E-state index in [-0.39, 0.29) is 17.5 Å². The number of rotatable bonds is 1. The van der Waals surface area contributed by atoms with E-state index in [0.717, 1.165) is 24.2 Å². The van der Waals surface area contributed by atoms with E-state index in [0.29, 0.717) is 33.5 Å². The number of allylic oxidation sites excluding steroid dienone is 1. The summed E-state index contributed by atoms with van der Waals surface area (Å²) >= 11 is 0. The molecule has 0 amide bonds. The van der Waals surface area contributed by atoms with E-state index in [9.17, 15) is 4.79 Å². The Kier molecular flexibility index (Phi) is 5.57. The highest BCUT2D eigenvalue weighted by Gasteiger charge is 2.70. The summed E-state index contributed by atoms with van der Waals surface area (Å²) in [7, 11) is 0. The Morgan fingerprint density at radius 1 is 0.853 bits per heavy atom. The van der Waals surface area contributed by atoms with Gasteiger partial charge in [0.25, 0.3) is 0 Å². The summed E-state index contributed by atoms with van der Waals surface area (Å²) in [5.41, 5.74) is 3.28. The first-order valence-electron chi connectivity index (χ1n) is 14.6. The van der Waals surface area contributed by atoms with Gasteiger partial charge in [-0.2, -0.15) is 0 Å². The van der Waals surface area contributed by atoms with Gasteiger partial charge in [0.2, 0.25) is 0 Å². The Hall–Kier alpha value is -0.790. The molecule has 0 aromatic carbocycles. The molecule has 0 aromatic rings. The molecule has 0 bridgehead atoms. The predicted octanol–water partition coefficient (Wildman–Crippen LogP) is 8.60. The van der Waals surface area contributed by atoms with E-state index >= 15 is 0 Å². The van der Waals surface area contributed by atoms with E-state index in [1.165, 1.54) is 63.4 Å². The fourth-order valence-corrected chi connectivity index (χ4v) is 11.8. The lowest BCUT2D eigenvalue weighted by molar-refractivity contribution is -0.253. The summed E-state index contributed by atoms with van der Waals surface area (Å²) in [4.78, 5) is 11.9. The molecule has 5 aliphatic carbocycles. The maximum absolute atomic E-state index is 11.9. The molecule has 10 atom stereocenters. The largest absolute Gasteiger partial charge is 0.462 e. The molecule has 5 saturated carbocycles. The monoisotopic (exact) mass is 468 g/mol. The van der Waals surface area contributed by atoms with Crippen molar-refractivity contribution in [3.63, 3.8) is 0 Å². The summed E-state index contributed by atoms with van der Waals surface area (Å²) in [5, 5.41) is 0. The van der Waals surface area contributed by atoms with Crippen molar-refractivity contribution in [1.29, 1.82) is 0 Å². The normalized spacial score (nSPS) is 54.2. The second-order valence-corrected chi connectivity index (χ2v) is 15.3. The Morgan fingerprint density at radius 3 is 2.24 bits per heavy atom. The fraction of sp³-hybridized carbons (Fsp3) is 0.906. The summed E-state index contributed by atoms with van der Waals surface area (Å²) in [6.45, 7) is 24.2. The second kappa shape index (κ2) is 7.61. The van der Waals surface area contributed by atoms with Crippen molar-refractivity contribution in [1.82, 2.24) is 0 Å². The van der Waals surface area contributed by atoms with Crippen LogP contribution in [-0.4, -0.2) is 12.1 Å². The first-order chi connectivity index (χ1) is 15.7. The van der Waals surface area contributed by atoms with E-state index in [1.54, 1.807) is 6.92 Å². The lowest BCUT2D eigenvalue weighted by Gasteiger charge is -2.73. The molecule has 5 aliphatic rings. The highest BCUT2D eigenvalue weighted by Crippen LogP contribution is 2.77. The quantitative estimate of drug-likeness (QED) is 0.284. The van der Waals surface area contributed by atoms with Crippen LogP contribution in [0.25, 0.3) is 0 Å². The molecule has 0 radical (unpaired) electrons. The number of fused-ring (bicyclic) bond motifs is 7. The molecule has 2 nitrogen and oxygen atoms in total. The molecule has 0 heterocycles. The van der Waals surface area contributed by atoms with Crippen molar-refractivity contribution in [2.24, 2.45) is 56.7 Å². The van der Waals surface area contributed by atoms with E-state index in [2.05, 4.69) is 55.0 Å².